The van der Waals surface area contributed by atoms with Crippen molar-refractivity contribution in [1.82, 2.24) is 10.6 Å². The van der Waals surface area contributed by atoms with E-state index in [1.807, 2.05) is 25.1 Å². The molecule has 0 aliphatic heterocycles. The zero-order valence-corrected chi connectivity index (χ0v) is 17.9. The topological polar surface area (TPSA) is 131 Å². The molecule has 0 bridgehead atoms. The number of hydrogen-bond acceptors (Lipinski definition) is 6. The van der Waals surface area contributed by atoms with Crippen LogP contribution in [0.4, 0.5) is 0 Å². The lowest BCUT2D eigenvalue weighted by atomic mass is 10.1. The van der Waals surface area contributed by atoms with Crippen LogP contribution >= 0.6 is 0 Å². The number of para-hydroxylation sites is 1. The highest BCUT2D eigenvalue weighted by Crippen LogP contribution is 2.15. The molecule has 2 atom stereocenters. The van der Waals surface area contributed by atoms with Crippen LogP contribution in [0, 0.1) is 6.92 Å². The van der Waals surface area contributed by atoms with Gasteiger partial charge in [0.2, 0.25) is 5.91 Å². The number of methoxy groups -OCH3 is 1. The molecule has 0 aliphatic rings. The minimum atomic E-state index is -1.40. The molecule has 32 heavy (non-hydrogen) atoms. The van der Waals surface area contributed by atoms with E-state index in [0.29, 0.717) is 5.75 Å². The fourth-order valence-corrected chi connectivity index (χ4v) is 2.94. The highest BCUT2D eigenvalue weighted by Gasteiger charge is 2.29. The highest BCUT2D eigenvalue weighted by molar-refractivity contribution is 5.93. The average Bonchev–Trinajstić information content (AvgIpc) is 2.77. The monoisotopic (exact) mass is 442 g/mol. The Morgan fingerprint density at radius 1 is 0.938 bits per heavy atom. The normalized spacial score (nSPS) is 12.2. The van der Waals surface area contributed by atoms with Crippen molar-refractivity contribution in [2.45, 2.75) is 31.8 Å². The number of benzene rings is 2. The molecular weight excluding hydrogens is 416 g/mol. The van der Waals surface area contributed by atoms with Gasteiger partial charge in [-0.15, -0.1) is 0 Å². The summed E-state index contributed by atoms with van der Waals surface area (Å²) in [6.45, 7) is 1.41. The molecule has 2 aromatic carbocycles. The van der Waals surface area contributed by atoms with Crippen molar-refractivity contribution < 1.29 is 33.8 Å². The van der Waals surface area contributed by atoms with E-state index >= 15 is 0 Å². The van der Waals surface area contributed by atoms with E-state index in [1.54, 1.807) is 36.4 Å². The van der Waals surface area contributed by atoms with Crippen molar-refractivity contribution in [2.24, 2.45) is 0 Å². The van der Waals surface area contributed by atoms with Gasteiger partial charge in [0.1, 0.15) is 17.8 Å². The number of carbonyl (C=O) groups excluding carboxylic acids is 3. The number of hydrogen-bond donors (Lipinski definition) is 3. The predicted octanol–water partition coefficient (Wildman–Crippen LogP) is 1.23. The number of carboxylic acid groups (broad SMARTS) is 1. The number of nitrogens with one attached hydrogen (secondary N) is 2. The number of rotatable bonds is 11. The summed E-state index contributed by atoms with van der Waals surface area (Å²) < 4.78 is 10.2. The summed E-state index contributed by atoms with van der Waals surface area (Å²) in [6.07, 6.45) is -0.523. The molecule has 0 spiro atoms. The SMILES string of the molecule is COC(=O)[C@H](Cc1ccccc1)NC(=O)[C@H](CC(=O)O)NC(=O)COc1ccccc1C. The summed E-state index contributed by atoms with van der Waals surface area (Å²) in [5.74, 6) is -2.97. The lowest BCUT2D eigenvalue weighted by molar-refractivity contribution is -0.145. The number of carboxylic acids is 1. The van der Waals surface area contributed by atoms with Crippen LogP contribution in [-0.4, -0.2) is 54.7 Å². The molecule has 2 amide bonds. The van der Waals surface area contributed by atoms with Gasteiger partial charge in [-0.25, -0.2) is 4.79 Å². The Morgan fingerprint density at radius 2 is 1.59 bits per heavy atom. The number of amides is 2. The smallest absolute Gasteiger partial charge is 0.328 e. The van der Waals surface area contributed by atoms with Gasteiger partial charge >= 0.3 is 11.9 Å². The van der Waals surface area contributed by atoms with Crippen LogP contribution in [0.1, 0.15) is 17.5 Å². The van der Waals surface area contributed by atoms with Crippen LogP contribution in [0.25, 0.3) is 0 Å². The Balaban J connectivity index is 2.04. The lowest BCUT2D eigenvalue weighted by Gasteiger charge is -2.21. The molecule has 0 saturated heterocycles. The molecule has 9 nitrogen and oxygen atoms in total. The van der Waals surface area contributed by atoms with E-state index in [1.165, 1.54) is 7.11 Å². The summed E-state index contributed by atoms with van der Waals surface area (Å²) in [5, 5.41) is 14.0. The highest BCUT2D eigenvalue weighted by atomic mass is 16.5. The van der Waals surface area contributed by atoms with Crippen molar-refractivity contribution in [3.8, 4) is 5.75 Å². The largest absolute Gasteiger partial charge is 0.484 e. The van der Waals surface area contributed by atoms with Crippen LogP contribution in [0.3, 0.4) is 0 Å². The Morgan fingerprint density at radius 3 is 2.22 bits per heavy atom. The second kappa shape index (κ2) is 12.1. The van der Waals surface area contributed by atoms with Gasteiger partial charge in [0.25, 0.3) is 5.91 Å². The van der Waals surface area contributed by atoms with Gasteiger partial charge in [-0.3, -0.25) is 14.4 Å². The second-order valence-electron chi connectivity index (χ2n) is 7.05. The fourth-order valence-electron chi connectivity index (χ4n) is 2.94. The Kier molecular flexibility index (Phi) is 9.22. The Labute approximate surface area is 185 Å². The number of esters is 1. The maximum atomic E-state index is 12.7. The van der Waals surface area contributed by atoms with Crippen LogP contribution in [0.15, 0.2) is 54.6 Å². The van der Waals surface area contributed by atoms with Gasteiger partial charge < -0.3 is 25.2 Å². The molecule has 0 heterocycles. The van der Waals surface area contributed by atoms with Crippen molar-refractivity contribution in [2.75, 3.05) is 13.7 Å². The molecule has 9 heteroatoms. The maximum Gasteiger partial charge on any atom is 0.328 e. The first-order chi connectivity index (χ1) is 15.3. The summed E-state index contributed by atoms with van der Waals surface area (Å²) >= 11 is 0. The summed E-state index contributed by atoms with van der Waals surface area (Å²) in [4.78, 5) is 48.4. The van der Waals surface area contributed by atoms with Crippen molar-refractivity contribution in [3.05, 3.63) is 65.7 Å². The minimum Gasteiger partial charge on any atom is -0.484 e. The van der Waals surface area contributed by atoms with Crippen molar-refractivity contribution in [3.63, 3.8) is 0 Å². The van der Waals surface area contributed by atoms with Gasteiger partial charge in [0, 0.05) is 6.42 Å². The zero-order chi connectivity index (χ0) is 23.5. The molecular formula is C23H26N2O7. The molecule has 3 N–H and O–H groups in total. The van der Waals surface area contributed by atoms with E-state index in [2.05, 4.69) is 10.6 Å². The van der Waals surface area contributed by atoms with Gasteiger partial charge in [0.15, 0.2) is 6.61 Å². The van der Waals surface area contributed by atoms with E-state index in [-0.39, 0.29) is 6.42 Å². The Hall–Kier alpha value is -3.88. The Bertz CT molecular complexity index is 946. The van der Waals surface area contributed by atoms with E-state index in [0.717, 1.165) is 11.1 Å². The molecule has 0 unspecified atom stereocenters. The first-order valence-electron chi connectivity index (χ1n) is 9.92. The summed E-state index contributed by atoms with van der Waals surface area (Å²) in [5.41, 5.74) is 1.59. The molecule has 0 radical (unpaired) electrons. The third-order valence-corrected chi connectivity index (χ3v) is 4.57. The number of carbonyl (C=O) groups is 4. The number of aryl methyl sites for hydroxylation is 1. The van der Waals surface area contributed by atoms with Gasteiger partial charge in [-0.2, -0.15) is 0 Å². The summed E-state index contributed by atoms with van der Waals surface area (Å²) in [6, 6.07) is 13.6. The van der Waals surface area contributed by atoms with Crippen LogP contribution in [0.5, 0.6) is 5.75 Å². The van der Waals surface area contributed by atoms with Gasteiger partial charge in [-0.1, -0.05) is 48.5 Å². The molecule has 2 rings (SSSR count). The number of aliphatic carboxylic acids is 1. The molecule has 170 valence electrons. The van der Waals surface area contributed by atoms with Crippen molar-refractivity contribution >= 4 is 23.8 Å². The standard InChI is InChI=1S/C23H26N2O7/c1-15-8-6-7-11-19(15)32-14-20(26)24-17(13-21(27)28)22(29)25-18(23(30)31-2)12-16-9-4-3-5-10-16/h3-11,17-18H,12-14H2,1-2H3,(H,24,26)(H,25,29)(H,27,28)/t17-,18-/m0/s1. The zero-order valence-electron chi connectivity index (χ0n) is 17.9. The lowest BCUT2D eigenvalue weighted by Crippen LogP contribution is -2.53. The van der Waals surface area contributed by atoms with E-state index in [4.69, 9.17) is 14.6 Å². The van der Waals surface area contributed by atoms with Crippen molar-refractivity contribution in [1.29, 1.82) is 0 Å². The molecule has 0 aliphatic carbocycles. The van der Waals surface area contributed by atoms with Gasteiger partial charge in [-0.05, 0) is 24.1 Å². The third-order valence-electron chi connectivity index (χ3n) is 4.57. The molecule has 0 fully saturated rings. The van der Waals surface area contributed by atoms with E-state index < -0.39 is 48.9 Å². The average molecular weight is 442 g/mol. The molecule has 0 aromatic heterocycles. The van der Waals surface area contributed by atoms with Gasteiger partial charge in [0.05, 0.1) is 13.5 Å². The minimum absolute atomic E-state index is 0.142. The first kappa shape index (κ1) is 24.4. The van der Waals surface area contributed by atoms with Crippen LogP contribution < -0.4 is 15.4 Å². The predicted molar refractivity (Wildman–Crippen MR) is 115 cm³/mol. The maximum absolute atomic E-state index is 12.7. The fraction of sp³-hybridized carbons (Fsp3) is 0.304. The molecule has 2 aromatic rings. The summed E-state index contributed by atoms with van der Waals surface area (Å²) in [7, 11) is 1.19. The third kappa shape index (κ3) is 7.75. The second-order valence-corrected chi connectivity index (χ2v) is 7.05. The van der Waals surface area contributed by atoms with E-state index in [9.17, 15) is 19.2 Å². The van der Waals surface area contributed by atoms with Crippen LogP contribution in [0.2, 0.25) is 0 Å². The first-order valence-corrected chi connectivity index (χ1v) is 9.92. The quantitative estimate of drug-likeness (QED) is 0.446. The van der Waals surface area contributed by atoms with Crippen LogP contribution in [-0.2, 0) is 30.3 Å². The molecule has 0 saturated carbocycles. The number of ether oxygens (including phenoxy) is 2.